The Morgan fingerprint density at radius 2 is 2.12 bits per heavy atom. The zero-order valence-corrected chi connectivity index (χ0v) is 11.4. The van der Waals surface area contributed by atoms with Gasteiger partial charge in [0.2, 0.25) is 15.9 Å². The normalized spacial score (nSPS) is 20.8. The van der Waals surface area contributed by atoms with E-state index in [1.165, 1.54) is 6.92 Å². The predicted molar refractivity (Wildman–Crippen MR) is 67.1 cm³/mol. The number of hydrogen-bond donors (Lipinski definition) is 1. The maximum atomic E-state index is 11.7. The maximum absolute atomic E-state index is 11.7. The molecule has 100 valence electrons. The first-order chi connectivity index (χ1) is 7.94. The van der Waals surface area contributed by atoms with Crippen molar-refractivity contribution in [3.8, 4) is 0 Å². The van der Waals surface area contributed by atoms with E-state index in [0.29, 0.717) is 25.9 Å². The van der Waals surface area contributed by atoms with E-state index < -0.39 is 10.0 Å². The van der Waals surface area contributed by atoms with Crippen LogP contribution >= 0.6 is 0 Å². The Bertz CT molecular complexity index is 354. The number of amides is 1. The summed E-state index contributed by atoms with van der Waals surface area (Å²) < 4.78 is 26.1. The molecular weight excluding hydrogens is 240 g/mol. The number of rotatable bonds is 6. The van der Waals surface area contributed by atoms with Crippen LogP contribution in [0.1, 0.15) is 39.5 Å². The quantitative estimate of drug-likeness (QED) is 0.717. The third-order valence-corrected chi connectivity index (χ3v) is 4.52. The van der Waals surface area contributed by atoms with Gasteiger partial charge in [0.25, 0.3) is 0 Å². The first-order valence-corrected chi connectivity index (χ1v) is 7.85. The highest BCUT2D eigenvalue weighted by Gasteiger charge is 2.27. The van der Waals surface area contributed by atoms with Crippen molar-refractivity contribution in [3.63, 3.8) is 0 Å². The summed E-state index contributed by atoms with van der Waals surface area (Å²) in [5.41, 5.74) is 0. The molecule has 1 amide bonds. The summed E-state index contributed by atoms with van der Waals surface area (Å²) in [5, 5.41) is 0. The van der Waals surface area contributed by atoms with Gasteiger partial charge in [-0.15, -0.1) is 0 Å². The fraction of sp³-hybridized carbons (Fsp3) is 0.909. The van der Waals surface area contributed by atoms with Gasteiger partial charge in [-0.2, -0.15) is 0 Å². The molecular formula is C11H22N2O3S. The van der Waals surface area contributed by atoms with Crippen LogP contribution in [0.3, 0.4) is 0 Å². The second kappa shape index (κ2) is 6.35. The van der Waals surface area contributed by atoms with Crippen molar-refractivity contribution in [3.05, 3.63) is 0 Å². The molecule has 0 aromatic carbocycles. The molecule has 1 aliphatic heterocycles. The largest absolute Gasteiger partial charge is 0.341 e. The van der Waals surface area contributed by atoms with Crippen LogP contribution in [0, 0.1) is 0 Å². The van der Waals surface area contributed by atoms with Gasteiger partial charge in [0, 0.05) is 26.1 Å². The van der Waals surface area contributed by atoms with Gasteiger partial charge in [-0.25, -0.2) is 13.1 Å². The molecule has 0 aliphatic carbocycles. The highest BCUT2D eigenvalue weighted by atomic mass is 32.2. The van der Waals surface area contributed by atoms with E-state index in [2.05, 4.69) is 4.72 Å². The smallest absolute Gasteiger partial charge is 0.219 e. The first kappa shape index (κ1) is 14.4. The summed E-state index contributed by atoms with van der Waals surface area (Å²) in [5.74, 6) is 0.204. The third kappa shape index (κ3) is 5.04. The highest BCUT2D eigenvalue weighted by Crippen LogP contribution is 2.10. The molecule has 1 N–H and O–H groups in total. The molecule has 1 rings (SSSR count). The Kier molecular flexibility index (Phi) is 5.39. The van der Waals surface area contributed by atoms with Crippen molar-refractivity contribution in [1.82, 2.24) is 9.62 Å². The van der Waals surface area contributed by atoms with E-state index >= 15 is 0 Å². The monoisotopic (exact) mass is 262 g/mol. The van der Waals surface area contributed by atoms with Gasteiger partial charge in [-0.1, -0.05) is 19.8 Å². The topological polar surface area (TPSA) is 66.5 Å². The lowest BCUT2D eigenvalue weighted by Crippen LogP contribution is -2.39. The van der Waals surface area contributed by atoms with Crippen molar-refractivity contribution in [2.75, 3.05) is 18.8 Å². The van der Waals surface area contributed by atoms with Crippen LogP contribution < -0.4 is 4.72 Å². The molecule has 5 nitrogen and oxygen atoms in total. The number of nitrogens with zero attached hydrogens (tertiary/aromatic N) is 1. The fourth-order valence-corrected chi connectivity index (χ4v) is 3.40. The average molecular weight is 262 g/mol. The summed E-state index contributed by atoms with van der Waals surface area (Å²) in [4.78, 5) is 12.8. The van der Waals surface area contributed by atoms with Gasteiger partial charge in [-0.05, 0) is 12.8 Å². The fourth-order valence-electron chi connectivity index (χ4n) is 2.00. The minimum Gasteiger partial charge on any atom is -0.341 e. The van der Waals surface area contributed by atoms with Crippen LogP contribution in [0.2, 0.25) is 0 Å². The van der Waals surface area contributed by atoms with Crippen LogP contribution in [0.4, 0.5) is 0 Å². The number of nitrogens with one attached hydrogen (secondary N) is 1. The minimum absolute atomic E-state index is 0.0117. The van der Waals surface area contributed by atoms with Crippen molar-refractivity contribution < 1.29 is 13.2 Å². The van der Waals surface area contributed by atoms with Crippen LogP contribution in [-0.4, -0.2) is 44.1 Å². The lowest BCUT2D eigenvalue weighted by atomic mass is 10.3. The molecule has 0 aromatic heterocycles. The molecule has 1 aliphatic rings. The van der Waals surface area contributed by atoms with E-state index in [4.69, 9.17) is 0 Å². The maximum Gasteiger partial charge on any atom is 0.219 e. The second-order valence-corrected chi connectivity index (χ2v) is 6.47. The zero-order valence-electron chi connectivity index (χ0n) is 10.6. The second-order valence-electron chi connectivity index (χ2n) is 4.59. The summed E-state index contributed by atoms with van der Waals surface area (Å²) in [6.07, 6.45) is 3.36. The predicted octanol–water partition coefficient (Wildman–Crippen LogP) is 0.717. The van der Waals surface area contributed by atoms with E-state index in [1.807, 2.05) is 6.92 Å². The lowest BCUT2D eigenvalue weighted by molar-refractivity contribution is -0.127. The summed E-state index contributed by atoms with van der Waals surface area (Å²) in [7, 11) is -3.17. The van der Waals surface area contributed by atoms with E-state index in [9.17, 15) is 13.2 Å². The Morgan fingerprint density at radius 3 is 2.65 bits per heavy atom. The summed E-state index contributed by atoms with van der Waals surface area (Å²) >= 11 is 0. The number of unbranched alkanes of at least 4 members (excludes halogenated alkanes) is 2. The van der Waals surface area contributed by atoms with Crippen LogP contribution in [-0.2, 0) is 14.8 Å². The van der Waals surface area contributed by atoms with Gasteiger partial charge in [0.05, 0.1) is 5.75 Å². The van der Waals surface area contributed by atoms with Crippen molar-refractivity contribution >= 4 is 15.9 Å². The molecule has 1 unspecified atom stereocenters. The molecule has 0 bridgehead atoms. The zero-order chi connectivity index (χ0) is 12.9. The van der Waals surface area contributed by atoms with E-state index in [1.54, 1.807) is 4.90 Å². The molecule has 6 heteroatoms. The number of likely N-dealkylation sites (tertiary alicyclic amines) is 1. The first-order valence-electron chi connectivity index (χ1n) is 6.20. The van der Waals surface area contributed by atoms with Crippen molar-refractivity contribution in [2.24, 2.45) is 0 Å². The lowest BCUT2D eigenvalue weighted by Gasteiger charge is -2.15. The Balaban J connectivity index is 2.36. The average Bonchev–Trinajstić information content (AvgIpc) is 2.65. The van der Waals surface area contributed by atoms with E-state index in [0.717, 1.165) is 12.8 Å². The molecule has 0 saturated carbocycles. The van der Waals surface area contributed by atoms with Gasteiger partial charge < -0.3 is 4.90 Å². The molecule has 1 fully saturated rings. The standard InChI is InChI=1S/C11H22N2O3S/c1-3-4-5-8-17(15,16)12-11-6-7-13(9-11)10(2)14/h11-12H,3-9H2,1-2H3. The minimum atomic E-state index is -3.17. The van der Waals surface area contributed by atoms with Crippen molar-refractivity contribution in [2.45, 2.75) is 45.6 Å². The van der Waals surface area contributed by atoms with Gasteiger partial charge in [0.1, 0.15) is 0 Å². The Labute approximate surface area is 104 Å². The number of hydrogen-bond acceptors (Lipinski definition) is 3. The molecule has 1 saturated heterocycles. The molecule has 0 radical (unpaired) electrons. The van der Waals surface area contributed by atoms with Crippen molar-refractivity contribution in [1.29, 1.82) is 0 Å². The van der Waals surface area contributed by atoms with Crippen LogP contribution in [0.25, 0.3) is 0 Å². The highest BCUT2D eigenvalue weighted by molar-refractivity contribution is 7.89. The number of sulfonamides is 1. The Hall–Kier alpha value is -0.620. The van der Waals surface area contributed by atoms with Gasteiger partial charge >= 0.3 is 0 Å². The van der Waals surface area contributed by atoms with Crippen LogP contribution in [0.15, 0.2) is 0 Å². The molecule has 0 spiro atoms. The molecule has 17 heavy (non-hydrogen) atoms. The number of carbonyl (C=O) groups is 1. The SMILES string of the molecule is CCCCCS(=O)(=O)NC1CCN(C(C)=O)C1. The summed E-state index contributed by atoms with van der Waals surface area (Å²) in [6.45, 7) is 4.71. The van der Waals surface area contributed by atoms with E-state index in [-0.39, 0.29) is 17.7 Å². The molecule has 1 heterocycles. The number of carbonyl (C=O) groups excluding carboxylic acids is 1. The van der Waals surface area contributed by atoms with Crippen LogP contribution in [0.5, 0.6) is 0 Å². The Morgan fingerprint density at radius 1 is 1.41 bits per heavy atom. The third-order valence-electron chi connectivity index (χ3n) is 3.00. The summed E-state index contributed by atoms with van der Waals surface area (Å²) in [6, 6.07) is -0.106. The van der Waals surface area contributed by atoms with Gasteiger partial charge in [0.15, 0.2) is 0 Å². The molecule has 1 atom stereocenters. The molecule has 0 aromatic rings. The van der Waals surface area contributed by atoms with Gasteiger partial charge in [-0.3, -0.25) is 4.79 Å².